The number of amides is 1. The predicted molar refractivity (Wildman–Crippen MR) is 85.4 cm³/mol. The van der Waals surface area contributed by atoms with Crippen LogP contribution in [0.2, 0.25) is 0 Å². The Kier molecular flexibility index (Phi) is 4.19. The molecule has 2 heterocycles. The van der Waals surface area contributed by atoms with Gasteiger partial charge in [0, 0.05) is 17.1 Å². The minimum atomic E-state index is -0.0343. The van der Waals surface area contributed by atoms with E-state index < -0.39 is 0 Å². The van der Waals surface area contributed by atoms with Crippen LogP contribution in [-0.2, 0) is 24.2 Å². The number of benzene rings is 1. The van der Waals surface area contributed by atoms with Crippen molar-refractivity contribution in [1.29, 1.82) is 0 Å². The van der Waals surface area contributed by atoms with Crippen LogP contribution in [0, 0.1) is 0 Å². The first-order valence-corrected chi connectivity index (χ1v) is 7.42. The molecule has 0 saturated heterocycles. The lowest BCUT2D eigenvalue weighted by atomic mass is 10.1. The summed E-state index contributed by atoms with van der Waals surface area (Å²) in [7, 11) is 0. The van der Waals surface area contributed by atoms with Crippen LogP contribution < -0.4 is 5.32 Å². The van der Waals surface area contributed by atoms with E-state index >= 15 is 0 Å². The highest BCUT2D eigenvalue weighted by atomic mass is 16.3. The smallest absolute Gasteiger partial charge is 0.224 e. The fourth-order valence-corrected chi connectivity index (χ4v) is 2.41. The second-order valence-electron chi connectivity index (χ2n) is 5.22. The van der Waals surface area contributed by atoms with Crippen molar-refractivity contribution in [3.63, 3.8) is 0 Å². The largest absolute Gasteiger partial charge is 0.464 e. The molecule has 0 saturated carbocycles. The number of carbonyl (C=O) groups is 1. The Labute approximate surface area is 129 Å². The van der Waals surface area contributed by atoms with Gasteiger partial charge in [-0.15, -0.1) is 0 Å². The van der Waals surface area contributed by atoms with Crippen molar-refractivity contribution >= 4 is 16.9 Å². The molecule has 0 bridgehead atoms. The lowest BCUT2D eigenvalue weighted by Crippen LogP contribution is -2.24. The maximum Gasteiger partial charge on any atom is 0.224 e. The lowest BCUT2D eigenvalue weighted by Gasteiger charge is -2.04. The highest BCUT2D eigenvalue weighted by Crippen LogP contribution is 2.23. The van der Waals surface area contributed by atoms with E-state index in [1.165, 1.54) is 5.56 Å². The molecule has 1 N–H and O–H groups in total. The van der Waals surface area contributed by atoms with Crippen molar-refractivity contribution in [1.82, 2.24) is 10.3 Å². The first-order valence-electron chi connectivity index (χ1n) is 7.42. The molecule has 112 valence electrons. The van der Waals surface area contributed by atoms with Crippen LogP contribution in [0.5, 0.6) is 0 Å². The molecule has 4 heteroatoms. The second-order valence-corrected chi connectivity index (χ2v) is 5.22. The summed E-state index contributed by atoms with van der Waals surface area (Å²) >= 11 is 0. The van der Waals surface area contributed by atoms with Crippen LogP contribution in [0.25, 0.3) is 11.0 Å². The fourth-order valence-electron chi connectivity index (χ4n) is 2.41. The quantitative estimate of drug-likeness (QED) is 0.786. The van der Waals surface area contributed by atoms with E-state index in [0.717, 1.165) is 28.6 Å². The molecule has 0 unspecified atom stereocenters. The number of furan rings is 1. The number of hydrogen-bond acceptors (Lipinski definition) is 3. The van der Waals surface area contributed by atoms with Crippen LogP contribution >= 0.6 is 0 Å². The van der Waals surface area contributed by atoms with Crippen molar-refractivity contribution in [2.45, 2.75) is 26.3 Å². The summed E-state index contributed by atoms with van der Waals surface area (Å²) in [5.74, 6) is -0.0343. The van der Waals surface area contributed by atoms with Gasteiger partial charge >= 0.3 is 0 Å². The fraction of sp³-hybridized carbons (Fsp3) is 0.222. The molecule has 0 aliphatic heterocycles. The third-order valence-corrected chi connectivity index (χ3v) is 3.67. The highest BCUT2D eigenvalue weighted by Gasteiger charge is 2.10. The van der Waals surface area contributed by atoms with E-state index in [4.69, 9.17) is 4.42 Å². The molecule has 1 aromatic carbocycles. The third kappa shape index (κ3) is 3.17. The molecule has 0 radical (unpaired) electrons. The molecule has 0 spiro atoms. The van der Waals surface area contributed by atoms with Crippen molar-refractivity contribution in [3.05, 3.63) is 65.7 Å². The highest BCUT2D eigenvalue weighted by molar-refractivity contribution is 5.87. The minimum absolute atomic E-state index is 0.0343. The van der Waals surface area contributed by atoms with Crippen LogP contribution in [0.3, 0.4) is 0 Å². The molecule has 0 atom stereocenters. The van der Waals surface area contributed by atoms with Crippen molar-refractivity contribution in [2.24, 2.45) is 0 Å². The summed E-state index contributed by atoms with van der Waals surface area (Å²) in [4.78, 5) is 16.3. The molecule has 2 aromatic heterocycles. The zero-order valence-electron chi connectivity index (χ0n) is 12.5. The van der Waals surface area contributed by atoms with Crippen molar-refractivity contribution in [2.75, 3.05) is 0 Å². The first-order chi connectivity index (χ1) is 10.8. The maximum atomic E-state index is 12.1. The number of rotatable bonds is 5. The molecule has 0 fully saturated rings. The van der Waals surface area contributed by atoms with E-state index in [1.54, 1.807) is 12.5 Å². The zero-order chi connectivity index (χ0) is 15.4. The average molecular weight is 294 g/mol. The van der Waals surface area contributed by atoms with E-state index in [1.807, 2.05) is 30.3 Å². The van der Waals surface area contributed by atoms with Gasteiger partial charge in [0.2, 0.25) is 5.91 Å². The summed E-state index contributed by atoms with van der Waals surface area (Å²) in [6.45, 7) is 2.55. The normalized spacial score (nSPS) is 10.8. The van der Waals surface area contributed by atoms with Crippen LogP contribution in [0.4, 0.5) is 0 Å². The summed E-state index contributed by atoms with van der Waals surface area (Å²) in [6, 6.07) is 11.8. The Bertz CT molecular complexity index is 778. The maximum absolute atomic E-state index is 12.1. The van der Waals surface area contributed by atoms with Crippen LogP contribution in [0.15, 0.2) is 53.3 Å². The number of carbonyl (C=O) groups excluding carboxylic acids is 1. The van der Waals surface area contributed by atoms with Gasteiger partial charge in [0.1, 0.15) is 5.58 Å². The van der Waals surface area contributed by atoms with E-state index in [-0.39, 0.29) is 5.91 Å². The number of aryl methyl sites for hydroxylation is 1. The number of nitrogens with one attached hydrogen (secondary N) is 1. The standard InChI is InChI=1S/C18H18N2O2/c1-2-13-6-7-16-14(12-22-17(16)9-13)10-18(21)20-11-15-5-3-4-8-19-15/h3-9,12H,2,10-11H2,1H3,(H,20,21). The molecule has 4 nitrogen and oxygen atoms in total. The Morgan fingerprint density at radius 2 is 2.18 bits per heavy atom. The van der Waals surface area contributed by atoms with Gasteiger partial charge in [-0.2, -0.15) is 0 Å². The number of fused-ring (bicyclic) bond motifs is 1. The lowest BCUT2D eigenvalue weighted by molar-refractivity contribution is -0.120. The molecular formula is C18H18N2O2. The van der Waals surface area contributed by atoms with Gasteiger partial charge in [-0.05, 0) is 30.2 Å². The Morgan fingerprint density at radius 3 is 2.95 bits per heavy atom. The number of hydrogen-bond donors (Lipinski definition) is 1. The van der Waals surface area contributed by atoms with E-state index in [9.17, 15) is 4.79 Å². The molecule has 1 amide bonds. The van der Waals surface area contributed by atoms with Crippen LogP contribution in [-0.4, -0.2) is 10.9 Å². The number of nitrogens with zero attached hydrogens (tertiary/aromatic N) is 1. The summed E-state index contributed by atoms with van der Waals surface area (Å²) in [5.41, 5.74) is 3.83. The summed E-state index contributed by atoms with van der Waals surface area (Å²) in [5, 5.41) is 3.89. The first kappa shape index (κ1) is 14.3. The molecule has 0 aliphatic carbocycles. The monoisotopic (exact) mass is 294 g/mol. The molecule has 0 aliphatic rings. The summed E-state index contributed by atoms with van der Waals surface area (Å²) in [6.07, 6.45) is 4.67. The van der Waals surface area contributed by atoms with Crippen molar-refractivity contribution in [3.8, 4) is 0 Å². The van der Waals surface area contributed by atoms with Gasteiger partial charge in [-0.3, -0.25) is 9.78 Å². The van der Waals surface area contributed by atoms with Gasteiger partial charge in [0.25, 0.3) is 0 Å². The predicted octanol–water partition coefficient (Wildman–Crippen LogP) is 3.25. The third-order valence-electron chi connectivity index (χ3n) is 3.67. The molecule has 22 heavy (non-hydrogen) atoms. The van der Waals surface area contributed by atoms with Crippen molar-refractivity contribution < 1.29 is 9.21 Å². The van der Waals surface area contributed by atoms with Gasteiger partial charge < -0.3 is 9.73 Å². The Hall–Kier alpha value is -2.62. The SMILES string of the molecule is CCc1ccc2c(CC(=O)NCc3ccccn3)coc2c1. The van der Waals surface area contributed by atoms with Gasteiger partial charge in [-0.25, -0.2) is 0 Å². The minimum Gasteiger partial charge on any atom is -0.464 e. The zero-order valence-corrected chi connectivity index (χ0v) is 12.5. The van der Waals surface area contributed by atoms with Gasteiger partial charge in [0.05, 0.1) is 24.9 Å². The van der Waals surface area contributed by atoms with Gasteiger partial charge in [-0.1, -0.05) is 25.1 Å². The van der Waals surface area contributed by atoms with Crippen LogP contribution in [0.1, 0.15) is 23.7 Å². The number of pyridine rings is 1. The van der Waals surface area contributed by atoms with E-state index in [2.05, 4.69) is 23.3 Å². The topological polar surface area (TPSA) is 55.1 Å². The summed E-state index contributed by atoms with van der Waals surface area (Å²) < 4.78 is 5.56. The Morgan fingerprint density at radius 1 is 1.27 bits per heavy atom. The number of aromatic nitrogens is 1. The molecule has 3 aromatic rings. The van der Waals surface area contributed by atoms with Gasteiger partial charge in [0.15, 0.2) is 0 Å². The van der Waals surface area contributed by atoms with E-state index in [0.29, 0.717) is 13.0 Å². The second kappa shape index (κ2) is 6.43. The Balaban J connectivity index is 1.66. The average Bonchev–Trinajstić information content (AvgIpc) is 2.96. The molecule has 3 rings (SSSR count). The molecular weight excluding hydrogens is 276 g/mol.